The summed E-state index contributed by atoms with van der Waals surface area (Å²) in [5, 5.41) is 11.0. The van der Waals surface area contributed by atoms with Crippen molar-refractivity contribution in [3.05, 3.63) is 36.5 Å². The van der Waals surface area contributed by atoms with Crippen LogP contribution in [0.5, 0.6) is 0 Å². The quantitative estimate of drug-likeness (QED) is 0.902. The van der Waals surface area contributed by atoms with Crippen LogP contribution in [0.2, 0.25) is 0 Å². The molecule has 0 amide bonds. The SMILES string of the molecule is CC1(O)CCN(c2ncc(-c3ccccc3)s2)C1. The molecule has 1 aromatic carbocycles. The smallest absolute Gasteiger partial charge is 0.185 e. The van der Waals surface area contributed by atoms with Gasteiger partial charge in [0.15, 0.2) is 5.13 Å². The average molecular weight is 260 g/mol. The molecule has 1 unspecified atom stereocenters. The summed E-state index contributed by atoms with van der Waals surface area (Å²) >= 11 is 1.69. The number of β-amino-alcohol motifs (C(OH)–C–C–N with tert-alkyl or cyclic N) is 1. The van der Waals surface area contributed by atoms with Crippen LogP contribution in [-0.2, 0) is 0 Å². The molecule has 3 rings (SSSR count). The van der Waals surface area contributed by atoms with Crippen molar-refractivity contribution in [1.29, 1.82) is 0 Å². The molecule has 0 aliphatic carbocycles. The Morgan fingerprint density at radius 1 is 1.33 bits per heavy atom. The minimum atomic E-state index is -0.571. The first-order valence-corrected chi connectivity index (χ1v) is 6.94. The molecule has 0 spiro atoms. The molecule has 1 saturated heterocycles. The normalized spacial score (nSPS) is 23.6. The number of thiazole rings is 1. The van der Waals surface area contributed by atoms with Gasteiger partial charge in [-0.05, 0) is 18.9 Å². The molecule has 1 fully saturated rings. The molecule has 1 aliphatic heterocycles. The first-order valence-electron chi connectivity index (χ1n) is 6.13. The molecule has 4 heteroatoms. The summed E-state index contributed by atoms with van der Waals surface area (Å²) in [5.74, 6) is 0. The number of rotatable bonds is 2. The van der Waals surface area contributed by atoms with E-state index in [9.17, 15) is 5.11 Å². The van der Waals surface area contributed by atoms with E-state index in [1.807, 2.05) is 31.3 Å². The summed E-state index contributed by atoms with van der Waals surface area (Å²) in [6, 6.07) is 10.3. The molecule has 0 saturated carbocycles. The number of nitrogens with zero attached hydrogens (tertiary/aromatic N) is 2. The van der Waals surface area contributed by atoms with Gasteiger partial charge in [0, 0.05) is 19.3 Å². The topological polar surface area (TPSA) is 36.4 Å². The summed E-state index contributed by atoms with van der Waals surface area (Å²) in [4.78, 5) is 7.82. The Labute approximate surface area is 111 Å². The van der Waals surface area contributed by atoms with Crippen molar-refractivity contribution in [2.45, 2.75) is 18.9 Å². The van der Waals surface area contributed by atoms with Crippen LogP contribution in [0.3, 0.4) is 0 Å². The number of aromatic nitrogens is 1. The van der Waals surface area contributed by atoms with Gasteiger partial charge in [-0.25, -0.2) is 4.98 Å². The second-order valence-corrected chi connectivity index (χ2v) is 6.05. The van der Waals surface area contributed by atoms with E-state index in [-0.39, 0.29) is 0 Å². The van der Waals surface area contributed by atoms with Crippen molar-refractivity contribution in [1.82, 2.24) is 4.98 Å². The van der Waals surface area contributed by atoms with Crippen LogP contribution >= 0.6 is 11.3 Å². The third-order valence-corrected chi connectivity index (χ3v) is 4.38. The van der Waals surface area contributed by atoms with E-state index in [0.717, 1.165) is 18.1 Å². The fourth-order valence-corrected chi connectivity index (χ4v) is 3.20. The Morgan fingerprint density at radius 2 is 2.11 bits per heavy atom. The summed E-state index contributed by atoms with van der Waals surface area (Å²) in [5.41, 5.74) is 0.630. The zero-order valence-corrected chi connectivity index (χ0v) is 11.2. The molecular weight excluding hydrogens is 244 g/mol. The molecule has 1 aromatic heterocycles. The van der Waals surface area contributed by atoms with Crippen LogP contribution in [0, 0.1) is 0 Å². The van der Waals surface area contributed by atoms with Crippen LogP contribution in [0.1, 0.15) is 13.3 Å². The van der Waals surface area contributed by atoms with Crippen LogP contribution in [0.4, 0.5) is 5.13 Å². The van der Waals surface area contributed by atoms with Gasteiger partial charge in [0.05, 0.1) is 10.5 Å². The van der Waals surface area contributed by atoms with Gasteiger partial charge in [0.2, 0.25) is 0 Å². The Balaban J connectivity index is 1.83. The van der Waals surface area contributed by atoms with Crippen LogP contribution < -0.4 is 4.90 Å². The Hall–Kier alpha value is -1.39. The lowest BCUT2D eigenvalue weighted by atomic mass is 10.1. The standard InChI is InChI=1S/C14H16N2OS/c1-14(17)7-8-16(10-14)13-15-9-12(18-13)11-5-3-2-4-6-11/h2-6,9,17H,7-8,10H2,1H3. The molecular formula is C14H16N2OS. The highest BCUT2D eigenvalue weighted by molar-refractivity contribution is 7.18. The van der Waals surface area contributed by atoms with Gasteiger partial charge in [0.1, 0.15) is 0 Å². The predicted molar refractivity (Wildman–Crippen MR) is 75.0 cm³/mol. The number of hydrogen-bond acceptors (Lipinski definition) is 4. The molecule has 3 nitrogen and oxygen atoms in total. The molecule has 18 heavy (non-hydrogen) atoms. The number of benzene rings is 1. The minimum absolute atomic E-state index is 0.571. The fraction of sp³-hybridized carbons (Fsp3) is 0.357. The highest BCUT2D eigenvalue weighted by atomic mass is 32.1. The summed E-state index contributed by atoms with van der Waals surface area (Å²) in [6.45, 7) is 3.45. The lowest BCUT2D eigenvalue weighted by Crippen LogP contribution is -2.29. The number of hydrogen-bond donors (Lipinski definition) is 1. The zero-order chi connectivity index (χ0) is 12.6. The predicted octanol–water partition coefficient (Wildman–Crippen LogP) is 2.77. The molecule has 2 heterocycles. The largest absolute Gasteiger partial charge is 0.388 e. The molecule has 0 bridgehead atoms. The fourth-order valence-electron chi connectivity index (χ4n) is 2.26. The van der Waals surface area contributed by atoms with Gasteiger partial charge in [-0.3, -0.25) is 0 Å². The van der Waals surface area contributed by atoms with E-state index < -0.39 is 5.60 Å². The first-order chi connectivity index (χ1) is 8.64. The Kier molecular flexibility index (Phi) is 2.84. The molecule has 0 radical (unpaired) electrons. The van der Waals surface area contributed by atoms with Crippen molar-refractivity contribution in [3.8, 4) is 10.4 Å². The maximum absolute atomic E-state index is 9.99. The van der Waals surface area contributed by atoms with E-state index in [4.69, 9.17) is 0 Å². The van der Waals surface area contributed by atoms with E-state index >= 15 is 0 Å². The van der Waals surface area contributed by atoms with Gasteiger partial charge in [-0.1, -0.05) is 41.7 Å². The van der Waals surface area contributed by atoms with E-state index in [1.54, 1.807) is 11.3 Å². The van der Waals surface area contributed by atoms with Crippen LogP contribution in [0.15, 0.2) is 36.5 Å². The van der Waals surface area contributed by atoms with E-state index in [1.165, 1.54) is 10.4 Å². The van der Waals surface area contributed by atoms with Gasteiger partial charge in [-0.15, -0.1) is 0 Å². The van der Waals surface area contributed by atoms with Gasteiger partial charge in [0.25, 0.3) is 0 Å². The van der Waals surface area contributed by atoms with Crippen molar-refractivity contribution >= 4 is 16.5 Å². The van der Waals surface area contributed by atoms with Gasteiger partial charge >= 0.3 is 0 Å². The summed E-state index contributed by atoms with van der Waals surface area (Å²) in [7, 11) is 0. The van der Waals surface area contributed by atoms with E-state index in [2.05, 4.69) is 22.0 Å². The van der Waals surface area contributed by atoms with Crippen molar-refractivity contribution < 1.29 is 5.11 Å². The molecule has 2 aromatic rings. The minimum Gasteiger partial charge on any atom is -0.388 e. The second-order valence-electron chi connectivity index (χ2n) is 5.04. The lowest BCUT2D eigenvalue weighted by Gasteiger charge is -2.17. The Morgan fingerprint density at radius 3 is 2.78 bits per heavy atom. The van der Waals surface area contributed by atoms with Crippen LogP contribution in [-0.4, -0.2) is 28.8 Å². The van der Waals surface area contributed by atoms with Gasteiger partial charge < -0.3 is 10.0 Å². The third kappa shape index (κ3) is 2.26. The number of anilines is 1. The van der Waals surface area contributed by atoms with Crippen molar-refractivity contribution in [3.63, 3.8) is 0 Å². The highest BCUT2D eigenvalue weighted by Crippen LogP contribution is 2.34. The van der Waals surface area contributed by atoms with Crippen LogP contribution in [0.25, 0.3) is 10.4 Å². The van der Waals surface area contributed by atoms with Gasteiger partial charge in [-0.2, -0.15) is 0 Å². The highest BCUT2D eigenvalue weighted by Gasteiger charge is 2.32. The van der Waals surface area contributed by atoms with Crippen molar-refractivity contribution in [2.75, 3.05) is 18.0 Å². The monoisotopic (exact) mass is 260 g/mol. The molecule has 94 valence electrons. The molecule has 1 atom stereocenters. The Bertz CT molecular complexity index is 536. The van der Waals surface area contributed by atoms with Crippen molar-refractivity contribution in [2.24, 2.45) is 0 Å². The molecule has 1 N–H and O–H groups in total. The third-order valence-electron chi connectivity index (χ3n) is 3.27. The van der Waals surface area contributed by atoms with E-state index in [0.29, 0.717) is 6.54 Å². The second kappa shape index (κ2) is 4.37. The maximum Gasteiger partial charge on any atom is 0.185 e. The summed E-state index contributed by atoms with van der Waals surface area (Å²) in [6.07, 6.45) is 2.73. The summed E-state index contributed by atoms with van der Waals surface area (Å²) < 4.78 is 0. The number of aliphatic hydroxyl groups is 1. The average Bonchev–Trinajstić information content (AvgIpc) is 2.96. The first kappa shape index (κ1) is 11.7. The lowest BCUT2D eigenvalue weighted by molar-refractivity contribution is 0.0839. The molecule has 1 aliphatic rings. The maximum atomic E-state index is 9.99. The zero-order valence-electron chi connectivity index (χ0n) is 10.3.